The van der Waals surface area contributed by atoms with Gasteiger partial charge in [-0.25, -0.2) is 8.78 Å². The van der Waals surface area contributed by atoms with Gasteiger partial charge in [-0.15, -0.1) is 0 Å². The van der Waals surface area contributed by atoms with Crippen molar-refractivity contribution >= 4 is 0 Å². The summed E-state index contributed by atoms with van der Waals surface area (Å²) >= 11 is 0. The van der Waals surface area contributed by atoms with E-state index in [1.807, 2.05) is 24.4 Å². The number of likely N-dealkylation sites (tertiary alicyclic amines) is 1. The zero-order valence-corrected chi connectivity index (χ0v) is 16.6. The van der Waals surface area contributed by atoms with Crippen molar-refractivity contribution in [2.75, 3.05) is 6.54 Å². The second kappa shape index (κ2) is 7.91. The molecule has 1 saturated heterocycles. The lowest BCUT2D eigenvalue weighted by Gasteiger charge is -2.46. The molecule has 3 atom stereocenters. The molecular formula is C23H25F2N5. The fourth-order valence-electron chi connectivity index (χ4n) is 4.93. The number of halogens is 2. The van der Waals surface area contributed by atoms with Gasteiger partial charge in [0, 0.05) is 49.4 Å². The van der Waals surface area contributed by atoms with E-state index < -0.39 is 11.6 Å². The molecule has 1 fully saturated rings. The molecule has 2 aromatic carbocycles. The highest BCUT2D eigenvalue weighted by atomic mass is 19.1. The molecule has 3 heterocycles. The molecule has 3 aromatic rings. The van der Waals surface area contributed by atoms with Crippen molar-refractivity contribution < 1.29 is 8.78 Å². The number of aromatic nitrogens is 2. The Bertz CT molecular complexity index is 1000. The lowest BCUT2D eigenvalue weighted by atomic mass is 9.87. The van der Waals surface area contributed by atoms with Crippen LogP contribution < -0.4 is 5.73 Å². The molecule has 156 valence electrons. The van der Waals surface area contributed by atoms with Crippen LogP contribution in [0.4, 0.5) is 8.78 Å². The number of nitrogens with zero attached hydrogens (tertiary/aromatic N) is 3. The van der Waals surface area contributed by atoms with E-state index in [0.717, 1.165) is 43.4 Å². The van der Waals surface area contributed by atoms with Crippen molar-refractivity contribution in [3.63, 3.8) is 0 Å². The lowest BCUT2D eigenvalue weighted by molar-refractivity contribution is 0.0362. The van der Waals surface area contributed by atoms with Crippen molar-refractivity contribution in [1.82, 2.24) is 20.0 Å². The SMILES string of the molecule is N[C@H]1C[C@@H](N2Cc3cn[nH]c3C2)CN(Cc2ccccc2)[C@@H]1c1cc(F)ccc1F. The van der Waals surface area contributed by atoms with Crippen molar-refractivity contribution in [3.05, 3.63) is 88.7 Å². The van der Waals surface area contributed by atoms with Crippen molar-refractivity contribution in [2.45, 2.75) is 44.2 Å². The topological polar surface area (TPSA) is 61.2 Å². The largest absolute Gasteiger partial charge is 0.326 e. The highest BCUT2D eigenvalue weighted by Gasteiger charge is 2.40. The molecule has 7 heteroatoms. The molecule has 5 nitrogen and oxygen atoms in total. The third-order valence-corrected chi connectivity index (χ3v) is 6.35. The molecule has 0 bridgehead atoms. The lowest BCUT2D eigenvalue weighted by Crippen LogP contribution is -2.55. The monoisotopic (exact) mass is 409 g/mol. The zero-order valence-electron chi connectivity index (χ0n) is 16.6. The van der Waals surface area contributed by atoms with Gasteiger partial charge in [0.2, 0.25) is 0 Å². The van der Waals surface area contributed by atoms with Crippen LogP contribution in [0.2, 0.25) is 0 Å². The fourth-order valence-corrected chi connectivity index (χ4v) is 4.93. The highest BCUT2D eigenvalue weighted by Crippen LogP contribution is 2.36. The molecule has 1 aromatic heterocycles. The normalized spacial score (nSPS) is 24.8. The van der Waals surface area contributed by atoms with Gasteiger partial charge < -0.3 is 5.73 Å². The van der Waals surface area contributed by atoms with Crippen LogP contribution in [0.25, 0.3) is 0 Å². The summed E-state index contributed by atoms with van der Waals surface area (Å²) in [5.41, 5.74) is 10.5. The van der Waals surface area contributed by atoms with Crippen molar-refractivity contribution in [3.8, 4) is 0 Å². The average Bonchev–Trinajstić information content (AvgIpc) is 3.33. The van der Waals surface area contributed by atoms with Gasteiger partial charge in [0.25, 0.3) is 0 Å². The summed E-state index contributed by atoms with van der Waals surface area (Å²) in [6.07, 6.45) is 2.61. The van der Waals surface area contributed by atoms with Crippen LogP contribution in [0, 0.1) is 11.6 Å². The molecule has 5 rings (SSSR count). The quantitative estimate of drug-likeness (QED) is 0.694. The van der Waals surface area contributed by atoms with Crippen LogP contribution >= 0.6 is 0 Å². The molecule has 0 radical (unpaired) electrons. The number of H-pyrrole nitrogens is 1. The number of nitrogens with two attached hydrogens (primary N) is 1. The average molecular weight is 409 g/mol. The van der Waals surface area contributed by atoms with Crippen LogP contribution in [-0.4, -0.2) is 38.6 Å². The summed E-state index contributed by atoms with van der Waals surface area (Å²) in [6, 6.07) is 13.3. The number of piperidine rings is 1. The summed E-state index contributed by atoms with van der Waals surface area (Å²) in [7, 11) is 0. The molecule has 0 aliphatic carbocycles. The second-order valence-corrected chi connectivity index (χ2v) is 8.36. The predicted octanol–water partition coefficient (Wildman–Crippen LogP) is 3.35. The number of hydrogen-bond acceptors (Lipinski definition) is 4. The Morgan fingerprint density at radius 2 is 1.93 bits per heavy atom. The number of nitrogens with one attached hydrogen (secondary N) is 1. The Balaban J connectivity index is 1.44. The minimum absolute atomic E-state index is 0.234. The number of aromatic amines is 1. The van der Waals surface area contributed by atoms with E-state index in [-0.39, 0.29) is 18.1 Å². The molecule has 30 heavy (non-hydrogen) atoms. The van der Waals surface area contributed by atoms with Gasteiger partial charge >= 0.3 is 0 Å². The van der Waals surface area contributed by atoms with E-state index in [4.69, 9.17) is 5.73 Å². The summed E-state index contributed by atoms with van der Waals surface area (Å²) in [5, 5.41) is 7.18. The molecule has 0 spiro atoms. The van der Waals surface area contributed by atoms with E-state index >= 15 is 0 Å². The van der Waals surface area contributed by atoms with Gasteiger partial charge in [0.15, 0.2) is 0 Å². The van der Waals surface area contributed by atoms with Crippen LogP contribution in [0.3, 0.4) is 0 Å². The van der Waals surface area contributed by atoms with Crippen LogP contribution in [0.1, 0.15) is 34.8 Å². The third-order valence-electron chi connectivity index (χ3n) is 6.35. The summed E-state index contributed by atoms with van der Waals surface area (Å²) in [4.78, 5) is 4.61. The van der Waals surface area contributed by atoms with Gasteiger partial charge in [-0.1, -0.05) is 30.3 Å². The van der Waals surface area contributed by atoms with Crippen LogP contribution in [0.5, 0.6) is 0 Å². The predicted molar refractivity (Wildman–Crippen MR) is 110 cm³/mol. The minimum Gasteiger partial charge on any atom is -0.326 e. The van der Waals surface area contributed by atoms with E-state index in [0.29, 0.717) is 12.1 Å². The summed E-state index contributed by atoms with van der Waals surface area (Å²) in [6.45, 7) is 3.01. The Labute approximate surface area is 174 Å². The fraction of sp³-hybridized carbons (Fsp3) is 0.348. The number of rotatable bonds is 4. The third kappa shape index (κ3) is 3.64. The van der Waals surface area contributed by atoms with Gasteiger partial charge in [-0.3, -0.25) is 14.9 Å². The van der Waals surface area contributed by atoms with E-state index in [9.17, 15) is 8.78 Å². The first-order chi connectivity index (χ1) is 14.6. The maximum absolute atomic E-state index is 14.7. The summed E-state index contributed by atoms with van der Waals surface area (Å²) in [5.74, 6) is -0.846. The maximum atomic E-state index is 14.7. The highest BCUT2D eigenvalue weighted by molar-refractivity contribution is 5.27. The standard InChI is InChI=1S/C23H25F2N5/c24-17-6-7-20(25)19(8-17)23-21(26)9-18(29-12-16-10-27-28-22(16)14-29)13-30(23)11-15-4-2-1-3-5-15/h1-8,10,18,21,23H,9,11-14,26H2,(H,27,28)/t18-,21+,23-/m1/s1. The Morgan fingerprint density at radius 3 is 2.73 bits per heavy atom. The molecule has 0 saturated carbocycles. The van der Waals surface area contributed by atoms with E-state index in [1.54, 1.807) is 0 Å². The first kappa shape index (κ1) is 19.4. The van der Waals surface area contributed by atoms with Crippen LogP contribution in [-0.2, 0) is 19.6 Å². The Kier molecular flexibility index (Phi) is 5.10. The van der Waals surface area contributed by atoms with Gasteiger partial charge in [-0.05, 0) is 30.2 Å². The molecule has 3 N–H and O–H groups in total. The molecule has 2 aliphatic heterocycles. The molecular weight excluding hydrogens is 384 g/mol. The van der Waals surface area contributed by atoms with E-state index in [1.165, 1.54) is 17.7 Å². The van der Waals surface area contributed by atoms with Gasteiger partial charge in [-0.2, -0.15) is 5.10 Å². The number of benzene rings is 2. The molecule has 0 unspecified atom stereocenters. The van der Waals surface area contributed by atoms with Crippen molar-refractivity contribution in [2.24, 2.45) is 5.73 Å². The maximum Gasteiger partial charge on any atom is 0.128 e. The van der Waals surface area contributed by atoms with Gasteiger partial charge in [0.1, 0.15) is 11.6 Å². The number of hydrogen-bond donors (Lipinski definition) is 2. The smallest absolute Gasteiger partial charge is 0.128 e. The number of fused-ring (bicyclic) bond motifs is 1. The molecule has 0 amide bonds. The second-order valence-electron chi connectivity index (χ2n) is 8.36. The van der Waals surface area contributed by atoms with Gasteiger partial charge in [0.05, 0.1) is 17.9 Å². The minimum atomic E-state index is -0.439. The first-order valence-corrected chi connectivity index (χ1v) is 10.3. The molecule has 2 aliphatic rings. The Hall–Kier alpha value is -2.61. The summed E-state index contributed by atoms with van der Waals surface area (Å²) < 4.78 is 28.7. The van der Waals surface area contributed by atoms with E-state index in [2.05, 4.69) is 32.1 Å². The Morgan fingerprint density at radius 1 is 1.10 bits per heavy atom. The first-order valence-electron chi connectivity index (χ1n) is 10.3. The van der Waals surface area contributed by atoms with Crippen molar-refractivity contribution in [1.29, 1.82) is 0 Å². The van der Waals surface area contributed by atoms with Crippen LogP contribution in [0.15, 0.2) is 54.7 Å². The zero-order chi connectivity index (χ0) is 20.7.